The van der Waals surface area contributed by atoms with Gasteiger partial charge in [-0.1, -0.05) is 19.1 Å². The first kappa shape index (κ1) is 15.5. The van der Waals surface area contributed by atoms with E-state index in [2.05, 4.69) is 15.0 Å². The fraction of sp³-hybridized carbons (Fsp3) is 0.400. The van der Waals surface area contributed by atoms with Gasteiger partial charge in [-0.05, 0) is 44.0 Å². The third-order valence-electron chi connectivity index (χ3n) is 2.51. The van der Waals surface area contributed by atoms with Gasteiger partial charge in [0.1, 0.15) is 5.75 Å². The summed E-state index contributed by atoms with van der Waals surface area (Å²) in [6.07, 6.45) is 0.922. The van der Waals surface area contributed by atoms with Crippen molar-refractivity contribution in [3.05, 3.63) is 29.5 Å². The number of ether oxygens (including phenoxy) is 2. The fourth-order valence-electron chi connectivity index (χ4n) is 1.72. The van der Waals surface area contributed by atoms with Gasteiger partial charge in [-0.2, -0.15) is 15.0 Å². The Morgan fingerprint density at radius 1 is 1.14 bits per heavy atom. The van der Waals surface area contributed by atoms with Crippen LogP contribution in [0.25, 0.3) is 11.4 Å². The normalized spacial score (nSPS) is 10.7. The Morgan fingerprint density at radius 2 is 1.90 bits per heavy atom. The lowest BCUT2D eigenvalue weighted by Gasteiger charge is -2.13. The van der Waals surface area contributed by atoms with Crippen LogP contribution >= 0.6 is 11.6 Å². The molecule has 0 aliphatic carbocycles. The molecule has 5 nitrogen and oxygen atoms in total. The average molecular weight is 308 g/mol. The molecule has 0 radical (unpaired) electrons. The van der Waals surface area contributed by atoms with Gasteiger partial charge in [0.2, 0.25) is 5.28 Å². The Kier molecular flexibility index (Phi) is 5.33. The van der Waals surface area contributed by atoms with Gasteiger partial charge in [-0.25, -0.2) is 0 Å². The molecule has 0 spiro atoms. The molecule has 0 aliphatic rings. The third-order valence-corrected chi connectivity index (χ3v) is 2.68. The quantitative estimate of drug-likeness (QED) is 0.813. The van der Waals surface area contributed by atoms with E-state index in [1.54, 1.807) is 0 Å². The second-order valence-electron chi connectivity index (χ2n) is 4.72. The molecule has 0 atom stereocenters. The van der Waals surface area contributed by atoms with Gasteiger partial charge in [0.05, 0.1) is 18.3 Å². The van der Waals surface area contributed by atoms with E-state index in [0.717, 1.165) is 12.0 Å². The summed E-state index contributed by atoms with van der Waals surface area (Å²) in [5.41, 5.74) is 0.761. The van der Waals surface area contributed by atoms with E-state index in [0.29, 0.717) is 18.2 Å². The van der Waals surface area contributed by atoms with Crippen molar-refractivity contribution in [1.82, 2.24) is 15.0 Å². The fourth-order valence-corrected chi connectivity index (χ4v) is 1.87. The molecule has 0 saturated heterocycles. The van der Waals surface area contributed by atoms with E-state index < -0.39 is 0 Å². The van der Waals surface area contributed by atoms with Gasteiger partial charge < -0.3 is 9.47 Å². The first-order chi connectivity index (χ1) is 10.1. The van der Waals surface area contributed by atoms with E-state index in [9.17, 15) is 0 Å². The van der Waals surface area contributed by atoms with E-state index in [1.807, 2.05) is 45.0 Å². The molecule has 1 aromatic heterocycles. The molecule has 1 aromatic carbocycles. The number of aromatic nitrogens is 3. The number of hydrogen-bond donors (Lipinski definition) is 0. The van der Waals surface area contributed by atoms with E-state index in [4.69, 9.17) is 21.1 Å². The summed E-state index contributed by atoms with van der Waals surface area (Å²) in [5, 5.41) is 0.102. The molecule has 112 valence electrons. The minimum atomic E-state index is 0.0549. The van der Waals surface area contributed by atoms with Gasteiger partial charge >= 0.3 is 6.01 Å². The summed E-state index contributed by atoms with van der Waals surface area (Å²) in [6.45, 7) is 6.47. The molecule has 0 bridgehead atoms. The summed E-state index contributed by atoms with van der Waals surface area (Å²) in [6, 6.07) is 7.78. The van der Waals surface area contributed by atoms with Crippen molar-refractivity contribution in [3.63, 3.8) is 0 Å². The van der Waals surface area contributed by atoms with Crippen LogP contribution in [-0.4, -0.2) is 27.7 Å². The van der Waals surface area contributed by atoms with Gasteiger partial charge in [0, 0.05) is 0 Å². The van der Waals surface area contributed by atoms with E-state index >= 15 is 0 Å². The zero-order valence-electron chi connectivity index (χ0n) is 12.3. The molecule has 0 aliphatic heterocycles. The maximum absolute atomic E-state index is 5.95. The van der Waals surface area contributed by atoms with E-state index in [-0.39, 0.29) is 17.4 Å². The predicted octanol–water partition coefficient (Wildman–Crippen LogP) is 3.77. The Bertz CT molecular complexity index is 605. The van der Waals surface area contributed by atoms with Crippen LogP contribution < -0.4 is 9.47 Å². The van der Waals surface area contributed by atoms with Crippen LogP contribution in [0.2, 0.25) is 5.28 Å². The van der Waals surface area contributed by atoms with Crippen LogP contribution in [0.4, 0.5) is 0 Å². The van der Waals surface area contributed by atoms with Crippen LogP contribution in [0.1, 0.15) is 27.2 Å². The van der Waals surface area contributed by atoms with Gasteiger partial charge in [-0.3, -0.25) is 0 Å². The molecule has 6 heteroatoms. The summed E-state index contributed by atoms with van der Waals surface area (Å²) < 4.78 is 11.2. The largest absolute Gasteiger partial charge is 0.490 e. The molecular formula is C15H18ClN3O2. The minimum absolute atomic E-state index is 0.0549. The number of hydrogen-bond acceptors (Lipinski definition) is 5. The van der Waals surface area contributed by atoms with Gasteiger partial charge in [-0.15, -0.1) is 0 Å². The average Bonchev–Trinajstić information content (AvgIpc) is 2.44. The molecule has 1 heterocycles. The molecule has 0 amide bonds. The third kappa shape index (κ3) is 4.29. The van der Waals surface area contributed by atoms with Crippen molar-refractivity contribution >= 4 is 11.6 Å². The van der Waals surface area contributed by atoms with Crippen molar-refractivity contribution < 1.29 is 9.47 Å². The van der Waals surface area contributed by atoms with Crippen molar-refractivity contribution in [2.75, 3.05) is 6.61 Å². The summed E-state index contributed by atoms with van der Waals surface area (Å²) in [4.78, 5) is 12.4. The van der Waals surface area contributed by atoms with Crippen LogP contribution in [-0.2, 0) is 0 Å². The van der Waals surface area contributed by atoms with Crippen molar-refractivity contribution in [2.24, 2.45) is 0 Å². The topological polar surface area (TPSA) is 57.1 Å². The van der Waals surface area contributed by atoms with Crippen molar-refractivity contribution in [2.45, 2.75) is 33.3 Å². The summed E-state index contributed by atoms with van der Waals surface area (Å²) >= 11 is 5.95. The molecule has 21 heavy (non-hydrogen) atoms. The minimum Gasteiger partial charge on any atom is -0.490 e. The molecule has 2 aromatic rings. The molecule has 0 saturated carbocycles. The predicted molar refractivity (Wildman–Crippen MR) is 81.8 cm³/mol. The lowest BCUT2D eigenvalue weighted by atomic mass is 10.2. The number of benzene rings is 1. The molecule has 0 unspecified atom stereocenters. The van der Waals surface area contributed by atoms with Crippen molar-refractivity contribution in [3.8, 4) is 23.1 Å². The van der Waals surface area contributed by atoms with Crippen LogP contribution in [0, 0.1) is 0 Å². The highest BCUT2D eigenvalue weighted by atomic mass is 35.5. The Labute approximate surface area is 129 Å². The number of para-hydroxylation sites is 1. The van der Waals surface area contributed by atoms with Crippen LogP contribution in [0.3, 0.4) is 0 Å². The van der Waals surface area contributed by atoms with Crippen molar-refractivity contribution in [1.29, 1.82) is 0 Å². The lowest BCUT2D eigenvalue weighted by molar-refractivity contribution is 0.243. The maximum Gasteiger partial charge on any atom is 0.321 e. The second-order valence-corrected chi connectivity index (χ2v) is 5.06. The Hall–Kier alpha value is -1.88. The van der Waals surface area contributed by atoms with Gasteiger partial charge in [0.25, 0.3) is 0 Å². The van der Waals surface area contributed by atoms with E-state index in [1.165, 1.54) is 0 Å². The Morgan fingerprint density at radius 3 is 2.62 bits per heavy atom. The highest BCUT2D eigenvalue weighted by molar-refractivity contribution is 6.28. The number of nitrogens with zero attached hydrogens (tertiary/aromatic N) is 3. The standard InChI is InChI=1S/C15H18ClN3O2/c1-4-9-20-15-18-13(17-14(16)19-15)11-7-5-6-8-12(11)21-10(2)3/h5-8,10H,4,9H2,1-3H3. The number of rotatable bonds is 6. The summed E-state index contributed by atoms with van der Waals surface area (Å²) in [5.74, 6) is 1.15. The SMILES string of the molecule is CCCOc1nc(Cl)nc(-c2ccccc2OC(C)C)n1. The first-order valence-corrected chi connectivity index (χ1v) is 7.28. The molecule has 0 fully saturated rings. The highest BCUT2D eigenvalue weighted by Gasteiger charge is 2.13. The second kappa shape index (κ2) is 7.22. The molecular weight excluding hydrogens is 290 g/mol. The Balaban J connectivity index is 2.39. The highest BCUT2D eigenvalue weighted by Crippen LogP contribution is 2.29. The van der Waals surface area contributed by atoms with Crippen LogP contribution in [0.5, 0.6) is 11.8 Å². The molecule has 2 rings (SSSR count). The van der Waals surface area contributed by atoms with Gasteiger partial charge in [0.15, 0.2) is 5.82 Å². The molecule has 0 N–H and O–H groups in total. The maximum atomic E-state index is 5.95. The zero-order valence-corrected chi connectivity index (χ0v) is 13.1. The summed E-state index contributed by atoms with van der Waals surface area (Å²) in [7, 11) is 0. The van der Waals surface area contributed by atoms with Crippen LogP contribution in [0.15, 0.2) is 24.3 Å². The number of halogens is 1. The lowest BCUT2D eigenvalue weighted by Crippen LogP contribution is -2.08. The zero-order chi connectivity index (χ0) is 15.2. The monoisotopic (exact) mass is 307 g/mol. The smallest absolute Gasteiger partial charge is 0.321 e. The first-order valence-electron chi connectivity index (χ1n) is 6.90.